The molecular weight excluding hydrogens is 419 g/mol. The molecule has 1 amide bonds. The zero-order chi connectivity index (χ0) is 19.5. The number of piperidine rings is 1. The average molecular weight is 437 g/mol. The second-order valence-corrected chi connectivity index (χ2v) is 8.44. The maximum absolute atomic E-state index is 12.7. The number of nitrogens with one attached hydrogen (secondary N) is 1. The van der Waals surface area contributed by atoms with Crippen LogP contribution in [-0.4, -0.2) is 34.0 Å². The van der Waals surface area contributed by atoms with Crippen molar-refractivity contribution in [1.29, 1.82) is 0 Å². The molecular formula is C19H18Cl2N4O2S. The van der Waals surface area contributed by atoms with Crippen LogP contribution in [0.25, 0.3) is 10.7 Å². The molecule has 1 atom stereocenters. The summed E-state index contributed by atoms with van der Waals surface area (Å²) in [4.78, 5) is 20.3. The Morgan fingerprint density at radius 3 is 3.00 bits per heavy atom. The van der Waals surface area contributed by atoms with E-state index < -0.39 is 0 Å². The Hall–Kier alpha value is -1.93. The third-order valence-electron chi connectivity index (χ3n) is 4.63. The van der Waals surface area contributed by atoms with Crippen molar-refractivity contribution < 1.29 is 9.32 Å². The second kappa shape index (κ2) is 8.61. The lowest BCUT2D eigenvalue weighted by Gasteiger charge is -2.30. The molecule has 3 heterocycles. The Bertz CT molecular complexity index is 961. The molecule has 4 rings (SSSR count). The van der Waals surface area contributed by atoms with Crippen molar-refractivity contribution in [1.82, 2.24) is 15.0 Å². The molecule has 0 bridgehead atoms. The van der Waals surface area contributed by atoms with Gasteiger partial charge in [0.2, 0.25) is 17.6 Å². The third kappa shape index (κ3) is 4.55. The van der Waals surface area contributed by atoms with E-state index in [1.807, 2.05) is 17.5 Å². The number of carbonyl (C=O) groups excluding carboxylic acids is 1. The van der Waals surface area contributed by atoms with Crippen molar-refractivity contribution in [3.05, 3.63) is 51.6 Å². The summed E-state index contributed by atoms with van der Waals surface area (Å²) in [6, 6.07) is 9.00. The quantitative estimate of drug-likeness (QED) is 0.611. The number of thiophene rings is 1. The molecule has 1 aliphatic rings. The number of anilines is 1. The van der Waals surface area contributed by atoms with E-state index in [1.165, 1.54) is 0 Å². The van der Waals surface area contributed by atoms with Gasteiger partial charge >= 0.3 is 0 Å². The van der Waals surface area contributed by atoms with E-state index in [4.69, 9.17) is 27.7 Å². The summed E-state index contributed by atoms with van der Waals surface area (Å²) < 4.78 is 5.38. The predicted octanol–water partition coefficient (Wildman–Crippen LogP) is 4.96. The summed E-state index contributed by atoms with van der Waals surface area (Å²) in [5.74, 6) is 1.04. The van der Waals surface area contributed by atoms with E-state index in [-0.39, 0.29) is 11.8 Å². The van der Waals surface area contributed by atoms with Gasteiger partial charge < -0.3 is 9.84 Å². The van der Waals surface area contributed by atoms with Crippen LogP contribution < -0.4 is 5.32 Å². The largest absolute Gasteiger partial charge is 0.338 e. The van der Waals surface area contributed by atoms with Crippen molar-refractivity contribution in [2.45, 2.75) is 19.4 Å². The highest BCUT2D eigenvalue weighted by molar-refractivity contribution is 7.13. The van der Waals surface area contributed by atoms with Gasteiger partial charge in [-0.1, -0.05) is 34.4 Å². The lowest BCUT2D eigenvalue weighted by Crippen LogP contribution is -2.40. The Morgan fingerprint density at radius 1 is 1.32 bits per heavy atom. The van der Waals surface area contributed by atoms with Crippen molar-refractivity contribution in [3.63, 3.8) is 0 Å². The number of nitrogens with zero attached hydrogens (tertiary/aromatic N) is 3. The van der Waals surface area contributed by atoms with E-state index >= 15 is 0 Å². The van der Waals surface area contributed by atoms with Gasteiger partial charge in [-0.05, 0) is 49.0 Å². The number of carbonyl (C=O) groups is 1. The molecule has 0 spiro atoms. The highest BCUT2D eigenvalue weighted by Gasteiger charge is 2.27. The van der Waals surface area contributed by atoms with E-state index in [0.29, 0.717) is 40.5 Å². The van der Waals surface area contributed by atoms with Gasteiger partial charge in [0.05, 0.1) is 27.4 Å². The maximum atomic E-state index is 12.7. The zero-order valence-electron chi connectivity index (χ0n) is 14.9. The van der Waals surface area contributed by atoms with Crippen LogP contribution in [0.1, 0.15) is 18.7 Å². The molecule has 1 unspecified atom stereocenters. The minimum Gasteiger partial charge on any atom is -0.338 e. The fraction of sp³-hybridized carbons (Fsp3) is 0.316. The number of halogens is 2. The molecule has 146 valence electrons. The second-order valence-electron chi connectivity index (χ2n) is 6.68. The first-order valence-electron chi connectivity index (χ1n) is 8.93. The summed E-state index contributed by atoms with van der Waals surface area (Å²) in [6.45, 7) is 2.08. The first kappa shape index (κ1) is 19.4. The number of benzene rings is 1. The topological polar surface area (TPSA) is 71.3 Å². The van der Waals surface area contributed by atoms with Crippen molar-refractivity contribution in [3.8, 4) is 10.7 Å². The van der Waals surface area contributed by atoms with Gasteiger partial charge in [-0.2, -0.15) is 4.98 Å². The van der Waals surface area contributed by atoms with Crippen LogP contribution in [0.15, 0.2) is 40.2 Å². The van der Waals surface area contributed by atoms with Crippen LogP contribution in [0.3, 0.4) is 0 Å². The standard InChI is InChI=1S/C19H18Cl2N4O2S/c20-14-6-5-13(9-15(14)21)22-19(26)12-3-1-7-25(10-12)11-17-23-18(24-27-17)16-4-2-8-28-16/h2,4-6,8-9,12H,1,3,7,10-11H2,(H,22,26). The Kier molecular flexibility index (Phi) is 5.96. The smallest absolute Gasteiger partial charge is 0.241 e. The number of hydrogen-bond donors (Lipinski definition) is 1. The molecule has 0 saturated carbocycles. The maximum Gasteiger partial charge on any atom is 0.241 e. The van der Waals surface area contributed by atoms with Crippen LogP contribution in [0.2, 0.25) is 10.0 Å². The Balaban J connectivity index is 1.36. The molecule has 0 aliphatic carbocycles. The number of rotatable bonds is 5. The summed E-state index contributed by atoms with van der Waals surface area (Å²) in [7, 11) is 0. The van der Waals surface area contributed by atoms with Crippen LogP contribution in [-0.2, 0) is 11.3 Å². The third-order valence-corrected chi connectivity index (χ3v) is 6.24. The van der Waals surface area contributed by atoms with Crippen LogP contribution in [0, 0.1) is 5.92 Å². The molecule has 28 heavy (non-hydrogen) atoms. The van der Waals surface area contributed by atoms with E-state index in [0.717, 1.165) is 24.3 Å². The SMILES string of the molecule is O=C(Nc1ccc(Cl)c(Cl)c1)C1CCCN(Cc2nc(-c3cccs3)no2)C1. The van der Waals surface area contributed by atoms with E-state index in [9.17, 15) is 4.79 Å². The van der Waals surface area contributed by atoms with Crippen molar-refractivity contribution >= 4 is 46.1 Å². The molecule has 6 nitrogen and oxygen atoms in total. The van der Waals surface area contributed by atoms with Crippen molar-refractivity contribution in [2.24, 2.45) is 5.92 Å². The zero-order valence-corrected chi connectivity index (χ0v) is 17.2. The first-order valence-corrected chi connectivity index (χ1v) is 10.6. The average Bonchev–Trinajstić information content (AvgIpc) is 3.37. The normalized spacial score (nSPS) is 17.6. The molecule has 0 radical (unpaired) electrons. The Morgan fingerprint density at radius 2 is 2.21 bits per heavy atom. The summed E-state index contributed by atoms with van der Waals surface area (Å²) in [5.41, 5.74) is 0.647. The summed E-state index contributed by atoms with van der Waals surface area (Å²) in [6.07, 6.45) is 1.78. The number of hydrogen-bond acceptors (Lipinski definition) is 6. The Labute approximate surface area is 176 Å². The minimum atomic E-state index is -0.108. The monoisotopic (exact) mass is 436 g/mol. The van der Waals surface area contributed by atoms with Gasteiger partial charge in [0, 0.05) is 12.2 Å². The van der Waals surface area contributed by atoms with Gasteiger partial charge in [-0.25, -0.2) is 0 Å². The molecule has 1 saturated heterocycles. The van der Waals surface area contributed by atoms with Gasteiger partial charge in [-0.15, -0.1) is 11.3 Å². The van der Waals surface area contributed by atoms with E-state index in [2.05, 4.69) is 20.4 Å². The fourth-order valence-electron chi connectivity index (χ4n) is 3.25. The molecule has 1 aromatic carbocycles. The molecule has 2 aromatic heterocycles. The highest BCUT2D eigenvalue weighted by Crippen LogP contribution is 2.27. The molecule has 1 aliphatic heterocycles. The van der Waals surface area contributed by atoms with E-state index in [1.54, 1.807) is 29.5 Å². The number of aromatic nitrogens is 2. The first-order chi connectivity index (χ1) is 13.6. The summed E-state index contributed by atoms with van der Waals surface area (Å²) in [5, 5.41) is 9.83. The van der Waals surface area contributed by atoms with Crippen LogP contribution in [0.5, 0.6) is 0 Å². The van der Waals surface area contributed by atoms with Gasteiger partial charge in [0.25, 0.3) is 0 Å². The fourth-order valence-corrected chi connectivity index (χ4v) is 4.19. The molecule has 1 fully saturated rings. The number of amides is 1. The number of likely N-dealkylation sites (tertiary alicyclic amines) is 1. The van der Waals surface area contributed by atoms with Gasteiger partial charge in [0.15, 0.2) is 0 Å². The van der Waals surface area contributed by atoms with Gasteiger partial charge in [0.1, 0.15) is 0 Å². The van der Waals surface area contributed by atoms with Crippen LogP contribution >= 0.6 is 34.5 Å². The van der Waals surface area contributed by atoms with Gasteiger partial charge in [-0.3, -0.25) is 9.69 Å². The summed E-state index contributed by atoms with van der Waals surface area (Å²) >= 11 is 13.5. The minimum absolute atomic E-state index is 0.0205. The molecule has 1 N–H and O–H groups in total. The predicted molar refractivity (Wildman–Crippen MR) is 111 cm³/mol. The lowest BCUT2D eigenvalue weighted by molar-refractivity contribution is -0.121. The molecule has 9 heteroatoms. The lowest BCUT2D eigenvalue weighted by atomic mass is 9.97. The highest BCUT2D eigenvalue weighted by atomic mass is 35.5. The molecule has 3 aromatic rings. The van der Waals surface area contributed by atoms with Crippen LogP contribution in [0.4, 0.5) is 5.69 Å². The van der Waals surface area contributed by atoms with Crippen molar-refractivity contribution in [2.75, 3.05) is 18.4 Å².